The molecule has 0 unspecified atom stereocenters. The van der Waals surface area contributed by atoms with Crippen molar-refractivity contribution in [3.05, 3.63) is 12.3 Å². The zero-order valence-electron chi connectivity index (χ0n) is 9.44. The fourth-order valence-corrected chi connectivity index (χ4v) is 1.43. The molecule has 15 heavy (non-hydrogen) atoms. The number of fused-ring (bicyclic) bond motifs is 1. The van der Waals surface area contributed by atoms with E-state index in [1.807, 2.05) is 13.1 Å². The van der Waals surface area contributed by atoms with Crippen molar-refractivity contribution >= 4 is 16.9 Å². The lowest BCUT2D eigenvalue weighted by Gasteiger charge is -2.21. The molecular formula is C10H15N5. The van der Waals surface area contributed by atoms with Crippen LogP contribution in [0.25, 0.3) is 11.2 Å². The summed E-state index contributed by atoms with van der Waals surface area (Å²) in [7, 11) is 1.83. The standard InChI is InChI=1S/C10H15N5/c1-10(2,3)12-7-5-8-9(11-6-7)15(4)14-13-8/h5-6,12H,1-4H3. The summed E-state index contributed by atoms with van der Waals surface area (Å²) in [5, 5.41) is 11.3. The molecular weight excluding hydrogens is 190 g/mol. The van der Waals surface area contributed by atoms with E-state index in [1.54, 1.807) is 10.9 Å². The van der Waals surface area contributed by atoms with Crippen molar-refractivity contribution in [1.82, 2.24) is 20.0 Å². The summed E-state index contributed by atoms with van der Waals surface area (Å²) in [6.45, 7) is 6.32. The van der Waals surface area contributed by atoms with Crippen LogP contribution < -0.4 is 5.32 Å². The third kappa shape index (κ3) is 2.06. The Bertz CT molecular complexity index is 480. The van der Waals surface area contributed by atoms with Crippen LogP contribution in [-0.4, -0.2) is 25.5 Å². The van der Waals surface area contributed by atoms with Crippen molar-refractivity contribution in [2.75, 3.05) is 5.32 Å². The molecule has 0 saturated heterocycles. The molecule has 0 radical (unpaired) electrons. The van der Waals surface area contributed by atoms with Crippen molar-refractivity contribution in [2.24, 2.45) is 7.05 Å². The predicted molar refractivity (Wildman–Crippen MR) is 59.7 cm³/mol. The SMILES string of the molecule is Cn1nnc2cc(NC(C)(C)C)cnc21. The molecule has 2 aromatic rings. The summed E-state index contributed by atoms with van der Waals surface area (Å²) in [5.41, 5.74) is 2.61. The van der Waals surface area contributed by atoms with Crippen LogP contribution in [0.15, 0.2) is 12.3 Å². The van der Waals surface area contributed by atoms with Gasteiger partial charge in [0.15, 0.2) is 5.65 Å². The molecule has 80 valence electrons. The molecule has 0 aromatic carbocycles. The number of anilines is 1. The van der Waals surface area contributed by atoms with Crippen LogP contribution in [0, 0.1) is 0 Å². The van der Waals surface area contributed by atoms with E-state index < -0.39 is 0 Å². The molecule has 0 amide bonds. The Morgan fingerprint density at radius 3 is 2.73 bits per heavy atom. The Morgan fingerprint density at radius 2 is 2.07 bits per heavy atom. The van der Waals surface area contributed by atoms with E-state index >= 15 is 0 Å². The van der Waals surface area contributed by atoms with Crippen LogP contribution in [0.2, 0.25) is 0 Å². The van der Waals surface area contributed by atoms with Gasteiger partial charge in [0.1, 0.15) is 5.52 Å². The number of hydrogen-bond acceptors (Lipinski definition) is 4. The van der Waals surface area contributed by atoms with Crippen molar-refractivity contribution < 1.29 is 0 Å². The molecule has 2 rings (SSSR count). The van der Waals surface area contributed by atoms with Gasteiger partial charge in [-0.3, -0.25) is 0 Å². The van der Waals surface area contributed by atoms with E-state index in [-0.39, 0.29) is 5.54 Å². The molecule has 0 spiro atoms. The van der Waals surface area contributed by atoms with Gasteiger partial charge in [-0.2, -0.15) is 0 Å². The number of aromatic nitrogens is 4. The smallest absolute Gasteiger partial charge is 0.178 e. The highest BCUT2D eigenvalue weighted by molar-refractivity contribution is 5.73. The topological polar surface area (TPSA) is 55.6 Å². The van der Waals surface area contributed by atoms with Gasteiger partial charge in [-0.15, -0.1) is 5.10 Å². The molecule has 0 saturated carbocycles. The third-order valence-corrected chi connectivity index (χ3v) is 1.96. The van der Waals surface area contributed by atoms with Gasteiger partial charge < -0.3 is 5.32 Å². The number of rotatable bonds is 1. The number of nitrogens with one attached hydrogen (secondary N) is 1. The van der Waals surface area contributed by atoms with Crippen molar-refractivity contribution in [3.8, 4) is 0 Å². The highest BCUT2D eigenvalue weighted by Crippen LogP contribution is 2.17. The Labute approximate surface area is 88.5 Å². The lowest BCUT2D eigenvalue weighted by atomic mass is 10.1. The van der Waals surface area contributed by atoms with Crippen LogP contribution in [-0.2, 0) is 7.05 Å². The Kier molecular flexibility index (Phi) is 2.10. The van der Waals surface area contributed by atoms with Gasteiger partial charge in [-0.1, -0.05) is 5.21 Å². The fraction of sp³-hybridized carbons (Fsp3) is 0.500. The van der Waals surface area contributed by atoms with Gasteiger partial charge in [-0.25, -0.2) is 9.67 Å². The normalized spacial score (nSPS) is 12.0. The number of nitrogens with zero attached hydrogens (tertiary/aromatic N) is 4. The second-order valence-electron chi connectivity index (χ2n) is 4.65. The van der Waals surface area contributed by atoms with Crippen molar-refractivity contribution in [3.63, 3.8) is 0 Å². The van der Waals surface area contributed by atoms with E-state index in [2.05, 4.69) is 41.4 Å². The summed E-state index contributed by atoms with van der Waals surface area (Å²) in [5.74, 6) is 0. The zero-order chi connectivity index (χ0) is 11.1. The van der Waals surface area contributed by atoms with Crippen molar-refractivity contribution in [1.29, 1.82) is 0 Å². The Morgan fingerprint density at radius 1 is 1.33 bits per heavy atom. The van der Waals surface area contributed by atoms with Crippen LogP contribution in [0.1, 0.15) is 20.8 Å². The molecule has 2 heterocycles. The monoisotopic (exact) mass is 205 g/mol. The van der Waals surface area contributed by atoms with E-state index in [0.717, 1.165) is 16.9 Å². The quantitative estimate of drug-likeness (QED) is 0.767. The summed E-state index contributed by atoms with van der Waals surface area (Å²) in [6, 6.07) is 1.96. The summed E-state index contributed by atoms with van der Waals surface area (Å²) in [6.07, 6.45) is 1.80. The molecule has 5 nitrogen and oxygen atoms in total. The number of aryl methyl sites for hydroxylation is 1. The zero-order valence-corrected chi connectivity index (χ0v) is 9.44. The predicted octanol–water partition coefficient (Wildman–Crippen LogP) is 1.57. The maximum Gasteiger partial charge on any atom is 0.178 e. The molecule has 2 aromatic heterocycles. The number of hydrogen-bond donors (Lipinski definition) is 1. The minimum absolute atomic E-state index is 0.0254. The molecule has 0 aliphatic heterocycles. The van der Waals surface area contributed by atoms with Gasteiger partial charge in [0, 0.05) is 12.6 Å². The molecule has 0 atom stereocenters. The maximum atomic E-state index is 4.30. The van der Waals surface area contributed by atoms with Crippen molar-refractivity contribution in [2.45, 2.75) is 26.3 Å². The first-order valence-electron chi connectivity index (χ1n) is 4.89. The van der Waals surface area contributed by atoms with Gasteiger partial charge in [0.05, 0.1) is 11.9 Å². The van der Waals surface area contributed by atoms with Crippen LogP contribution in [0.5, 0.6) is 0 Å². The van der Waals surface area contributed by atoms with Gasteiger partial charge >= 0.3 is 0 Å². The second-order valence-corrected chi connectivity index (χ2v) is 4.65. The molecule has 0 bridgehead atoms. The first kappa shape index (κ1) is 9.89. The number of pyridine rings is 1. The molecule has 0 fully saturated rings. The minimum atomic E-state index is 0.0254. The third-order valence-electron chi connectivity index (χ3n) is 1.96. The summed E-state index contributed by atoms with van der Waals surface area (Å²) >= 11 is 0. The van der Waals surface area contributed by atoms with Crippen LogP contribution >= 0.6 is 0 Å². The van der Waals surface area contributed by atoms with Crippen LogP contribution in [0.4, 0.5) is 5.69 Å². The lowest BCUT2D eigenvalue weighted by Crippen LogP contribution is -2.26. The van der Waals surface area contributed by atoms with Gasteiger partial charge in [0.2, 0.25) is 0 Å². The van der Waals surface area contributed by atoms with Crippen LogP contribution in [0.3, 0.4) is 0 Å². The largest absolute Gasteiger partial charge is 0.379 e. The van der Waals surface area contributed by atoms with Gasteiger partial charge in [0.25, 0.3) is 0 Å². The summed E-state index contributed by atoms with van der Waals surface area (Å²) < 4.78 is 1.66. The second kappa shape index (κ2) is 3.18. The highest BCUT2D eigenvalue weighted by atomic mass is 15.4. The molecule has 5 heteroatoms. The first-order valence-corrected chi connectivity index (χ1v) is 4.89. The lowest BCUT2D eigenvalue weighted by molar-refractivity contribution is 0.634. The Hall–Kier alpha value is -1.65. The average molecular weight is 205 g/mol. The van der Waals surface area contributed by atoms with Gasteiger partial charge in [-0.05, 0) is 26.8 Å². The first-order chi connectivity index (χ1) is 6.96. The molecule has 1 N–H and O–H groups in total. The average Bonchev–Trinajstić information content (AvgIpc) is 2.45. The van der Waals surface area contributed by atoms with E-state index in [9.17, 15) is 0 Å². The van der Waals surface area contributed by atoms with E-state index in [0.29, 0.717) is 0 Å². The highest BCUT2D eigenvalue weighted by Gasteiger charge is 2.11. The van der Waals surface area contributed by atoms with E-state index in [4.69, 9.17) is 0 Å². The maximum absolute atomic E-state index is 4.30. The fourth-order valence-electron chi connectivity index (χ4n) is 1.43. The Balaban J connectivity index is 2.39. The molecule has 0 aliphatic rings. The molecule has 0 aliphatic carbocycles. The van der Waals surface area contributed by atoms with E-state index in [1.165, 1.54) is 0 Å². The summed E-state index contributed by atoms with van der Waals surface area (Å²) in [4.78, 5) is 4.30. The minimum Gasteiger partial charge on any atom is -0.379 e.